The average Bonchev–Trinajstić information content (AvgIpc) is 2.36. The van der Waals surface area contributed by atoms with Crippen molar-refractivity contribution in [1.29, 1.82) is 0 Å². The summed E-state index contributed by atoms with van der Waals surface area (Å²) >= 11 is 0. The second kappa shape index (κ2) is 6.16. The minimum absolute atomic E-state index is 0.292. The molecule has 1 aromatic rings. The molecule has 1 fully saturated rings. The largest absolute Gasteiger partial charge is 0.489 e. The molecule has 100 valence electrons. The van der Waals surface area contributed by atoms with Gasteiger partial charge in [0.05, 0.1) is 0 Å². The van der Waals surface area contributed by atoms with Crippen LogP contribution in [0, 0.1) is 5.82 Å². The minimum Gasteiger partial charge on any atom is -0.489 e. The molecule has 3 nitrogen and oxygen atoms in total. The third kappa shape index (κ3) is 3.43. The molecular formula is C14H21FN2O. The third-order valence-corrected chi connectivity index (χ3v) is 3.37. The molecule has 2 atom stereocenters. The summed E-state index contributed by atoms with van der Waals surface area (Å²) in [6.07, 6.45) is 0. The maximum Gasteiger partial charge on any atom is 0.165 e. The molecule has 0 spiro atoms. The molecule has 0 aromatic heterocycles. The van der Waals surface area contributed by atoms with E-state index >= 15 is 0 Å². The molecule has 0 radical (unpaired) electrons. The van der Waals surface area contributed by atoms with Crippen molar-refractivity contribution in [3.8, 4) is 5.75 Å². The van der Waals surface area contributed by atoms with Gasteiger partial charge in [-0.2, -0.15) is 0 Å². The molecule has 1 aliphatic heterocycles. The zero-order valence-electron chi connectivity index (χ0n) is 11.0. The lowest BCUT2D eigenvalue weighted by Crippen LogP contribution is -2.55. The van der Waals surface area contributed by atoms with Crippen LogP contribution >= 0.6 is 0 Å². The summed E-state index contributed by atoms with van der Waals surface area (Å²) in [5, 5.41) is 3.44. The highest BCUT2D eigenvalue weighted by Gasteiger charge is 2.21. The van der Waals surface area contributed by atoms with E-state index in [9.17, 15) is 4.39 Å². The van der Waals surface area contributed by atoms with Gasteiger partial charge in [-0.25, -0.2) is 4.39 Å². The number of piperazine rings is 1. The van der Waals surface area contributed by atoms with Crippen LogP contribution in [0.2, 0.25) is 0 Å². The van der Waals surface area contributed by atoms with Gasteiger partial charge in [0.15, 0.2) is 11.6 Å². The van der Waals surface area contributed by atoms with E-state index in [4.69, 9.17) is 4.74 Å². The predicted octanol–water partition coefficient (Wildman–Crippen LogP) is 1.89. The van der Waals surface area contributed by atoms with Crippen molar-refractivity contribution in [3.63, 3.8) is 0 Å². The van der Waals surface area contributed by atoms with E-state index in [2.05, 4.69) is 24.1 Å². The molecule has 1 heterocycles. The molecule has 2 rings (SSSR count). The summed E-state index contributed by atoms with van der Waals surface area (Å²) in [4.78, 5) is 2.38. The smallest absolute Gasteiger partial charge is 0.165 e. The van der Waals surface area contributed by atoms with Gasteiger partial charge in [0.25, 0.3) is 0 Å². The van der Waals surface area contributed by atoms with Crippen LogP contribution in [0.15, 0.2) is 24.3 Å². The first-order chi connectivity index (χ1) is 8.66. The van der Waals surface area contributed by atoms with Gasteiger partial charge >= 0.3 is 0 Å². The fourth-order valence-electron chi connectivity index (χ4n) is 2.24. The first-order valence-corrected chi connectivity index (χ1v) is 6.51. The van der Waals surface area contributed by atoms with Crippen molar-refractivity contribution in [3.05, 3.63) is 30.1 Å². The highest BCUT2D eigenvalue weighted by atomic mass is 19.1. The highest BCUT2D eigenvalue weighted by Crippen LogP contribution is 2.15. The Morgan fingerprint density at radius 1 is 1.39 bits per heavy atom. The van der Waals surface area contributed by atoms with Crippen molar-refractivity contribution < 1.29 is 9.13 Å². The van der Waals surface area contributed by atoms with Gasteiger partial charge in [0.1, 0.15) is 6.61 Å². The van der Waals surface area contributed by atoms with Gasteiger partial charge < -0.3 is 10.1 Å². The van der Waals surface area contributed by atoms with Crippen LogP contribution in [-0.4, -0.2) is 43.2 Å². The highest BCUT2D eigenvalue weighted by molar-refractivity contribution is 5.23. The second-order valence-corrected chi connectivity index (χ2v) is 4.93. The molecule has 4 heteroatoms. The Labute approximate surface area is 108 Å². The summed E-state index contributed by atoms with van der Waals surface area (Å²) in [7, 11) is 0. The van der Waals surface area contributed by atoms with E-state index in [1.807, 2.05) is 0 Å². The van der Waals surface area contributed by atoms with E-state index in [1.54, 1.807) is 18.2 Å². The number of hydrogen-bond donors (Lipinski definition) is 1. The number of rotatable bonds is 4. The molecule has 2 unspecified atom stereocenters. The predicted molar refractivity (Wildman–Crippen MR) is 70.4 cm³/mol. The fraction of sp³-hybridized carbons (Fsp3) is 0.571. The molecule has 1 saturated heterocycles. The van der Waals surface area contributed by atoms with Crippen LogP contribution in [0.25, 0.3) is 0 Å². The third-order valence-electron chi connectivity index (χ3n) is 3.37. The molecule has 1 N–H and O–H groups in total. The Hall–Kier alpha value is -1.13. The van der Waals surface area contributed by atoms with E-state index in [0.29, 0.717) is 24.4 Å². The number of nitrogens with zero attached hydrogens (tertiary/aromatic N) is 1. The lowest BCUT2D eigenvalue weighted by atomic mass is 10.1. The maximum absolute atomic E-state index is 13.3. The first-order valence-electron chi connectivity index (χ1n) is 6.51. The van der Waals surface area contributed by atoms with Gasteiger partial charge in [-0.3, -0.25) is 4.90 Å². The van der Waals surface area contributed by atoms with Gasteiger partial charge in [0, 0.05) is 31.7 Å². The Bertz CT molecular complexity index is 386. The maximum atomic E-state index is 13.3. The number of ether oxygens (including phenoxy) is 1. The van der Waals surface area contributed by atoms with Crippen molar-refractivity contribution in [2.45, 2.75) is 25.9 Å². The Morgan fingerprint density at radius 3 is 2.94 bits per heavy atom. The van der Waals surface area contributed by atoms with E-state index in [-0.39, 0.29) is 5.82 Å². The van der Waals surface area contributed by atoms with Gasteiger partial charge in [-0.05, 0) is 26.0 Å². The van der Waals surface area contributed by atoms with Crippen LogP contribution in [0.4, 0.5) is 4.39 Å². The van der Waals surface area contributed by atoms with Crippen molar-refractivity contribution in [2.24, 2.45) is 0 Å². The van der Waals surface area contributed by atoms with Crippen LogP contribution < -0.4 is 10.1 Å². The van der Waals surface area contributed by atoms with Crippen LogP contribution in [0.5, 0.6) is 5.75 Å². The molecule has 0 aliphatic carbocycles. The average molecular weight is 252 g/mol. The molecule has 18 heavy (non-hydrogen) atoms. The van der Waals surface area contributed by atoms with Gasteiger partial charge in [-0.15, -0.1) is 0 Å². The summed E-state index contributed by atoms with van der Waals surface area (Å²) in [5.41, 5.74) is 0. The summed E-state index contributed by atoms with van der Waals surface area (Å²) in [6, 6.07) is 7.56. The zero-order valence-corrected chi connectivity index (χ0v) is 11.0. The molecule has 0 saturated carbocycles. The number of para-hydroxylation sites is 1. The van der Waals surface area contributed by atoms with E-state index in [0.717, 1.165) is 19.6 Å². The zero-order chi connectivity index (χ0) is 13.0. The number of hydrogen-bond acceptors (Lipinski definition) is 3. The lowest BCUT2D eigenvalue weighted by Gasteiger charge is -2.37. The number of nitrogens with one attached hydrogen (secondary N) is 1. The van der Waals surface area contributed by atoms with E-state index < -0.39 is 0 Å². The first kappa shape index (κ1) is 13.3. The second-order valence-electron chi connectivity index (χ2n) is 4.93. The summed E-state index contributed by atoms with van der Waals surface area (Å²) in [5.74, 6) is 0.0487. The Kier molecular flexibility index (Phi) is 4.55. The minimum atomic E-state index is -0.292. The van der Waals surface area contributed by atoms with Crippen molar-refractivity contribution in [1.82, 2.24) is 10.2 Å². The standard InChI is InChI=1S/C14H21FN2O/c1-11-10-17(12(2)9-16-11)7-8-18-14-6-4-3-5-13(14)15/h3-6,11-12,16H,7-10H2,1-2H3. The number of halogens is 1. The molecular weight excluding hydrogens is 231 g/mol. The SMILES string of the molecule is CC1CN(CCOc2ccccc2F)C(C)CN1. The molecule has 1 aromatic carbocycles. The Balaban J connectivity index is 1.79. The normalized spacial score (nSPS) is 25.1. The summed E-state index contributed by atoms with van der Waals surface area (Å²) < 4.78 is 18.8. The topological polar surface area (TPSA) is 24.5 Å². The monoisotopic (exact) mass is 252 g/mol. The number of benzene rings is 1. The van der Waals surface area contributed by atoms with Gasteiger partial charge in [-0.1, -0.05) is 12.1 Å². The van der Waals surface area contributed by atoms with Crippen molar-refractivity contribution in [2.75, 3.05) is 26.2 Å². The quantitative estimate of drug-likeness (QED) is 0.885. The van der Waals surface area contributed by atoms with E-state index in [1.165, 1.54) is 6.07 Å². The molecule has 0 bridgehead atoms. The Morgan fingerprint density at radius 2 is 2.17 bits per heavy atom. The molecule has 0 amide bonds. The van der Waals surface area contributed by atoms with Crippen molar-refractivity contribution >= 4 is 0 Å². The molecule has 1 aliphatic rings. The fourth-order valence-corrected chi connectivity index (χ4v) is 2.24. The summed E-state index contributed by atoms with van der Waals surface area (Å²) in [6.45, 7) is 7.75. The van der Waals surface area contributed by atoms with Crippen LogP contribution in [-0.2, 0) is 0 Å². The van der Waals surface area contributed by atoms with Gasteiger partial charge in [0.2, 0.25) is 0 Å². The van der Waals surface area contributed by atoms with Crippen LogP contribution in [0.3, 0.4) is 0 Å². The lowest BCUT2D eigenvalue weighted by molar-refractivity contribution is 0.121. The van der Waals surface area contributed by atoms with Crippen LogP contribution in [0.1, 0.15) is 13.8 Å².